The minimum Gasteiger partial charge on any atom is -0.508 e. The minimum atomic E-state index is -0.572. The van der Waals surface area contributed by atoms with E-state index in [1.165, 1.54) is 30.5 Å². The Morgan fingerprint density at radius 2 is 1.78 bits per heavy atom. The Labute approximate surface area is 238 Å². The number of hydrogen-bond acceptors (Lipinski definition) is 10. The van der Waals surface area contributed by atoms with Crippen molar-refractivity contribution in [2.75, 3.05) is 47.3 Å². The fraction of sp³-hybridized carbons (Fsp3) is 0.148. The number of nitrogens with zero attached hydrogens (tertiary/aromatic N) is 4. The number of morpholine rings is 1. The van der Waals surface area contributed by atoms with Crippen LogP contribution < -0.4 is 26.4 Å². The van der Waals surface area contributed by atoms with Gasteiger partial charge in [0, 0.05) is 41.1 Å². The van der Waals surface area contributed by atoms with Gasteiger partial charge in [-0.15, -0.1) is 0 Å². The second-order valence-corrected chi connectivity index (χ2v) is 9.27. The Bertz CT molecular complexity index is 1570. The van der Waals surface area contributed by atoms with E-state index in [4.69, 9.17) is 16.3 Å². The predicted octanol–water partition coefficient (Wildman–Crippen LogP) is 3.96. The molecular formula is C27H24ClFN8O4. The van der Waals surface area contributed by atoms with Gasteiger partial charge in [-0.2, -0.15) is 4.98 Å². The number of anilines is 5. The van der Waals surface area contributed by atoms with E-state index in [0.717, 1.165) is 6.20 Å². The molecule has 0 bridgehead atoms. The minimum absolute atomic E-state index is 0.0180. The molecule has 4 aromatic rings. The molecule has 0 atom stereocenters. The number of nitrogens with one attached hydrogen (secondary N) is 4. The Balaban J connectivity index is 1.19. The summed E-state index contributed by atoms with van der Waals surface area (Å²) in [5, 5.41) is 15.7. The summed E-state index contributed by atoms with van der Waals surface area (Å²) in [5.41, 5.74) is 6.89. The van der Waals surface area contributed by atoms with Crippen LogP contribution in [0.5, 0.6) is 5.75 Å². The Morgan fingerprint density at radius 1 is 0.951 bits per heavy atom. The second kappa shape index (κ2) is 12.4. The van der Waals surface area contributed by atoms with E-state index in [9.17, 15) is 19.1 Å². The molecule has 5 rings (SSSR count). The summed E-state index contributed by atoms with van der Waals surface area (Å²) in [6.07, 6.45) is 2.47. The molecule has 5 N–H and O–H groups in total. The number of phenols is 1. The number of carbonyl (C=O) groups excluding carboxylic acids is 2. The number of aromatic hydroxyl groups is 1. The lowest BCUT2D eigenvalue weighted by Gasteiger charge is -2.28. The molecule has 0 aliphatic carbocycles. The largest absolute Gasteiger partial charge is 0.508 e. The monoisotopic (exact) mass is 578 g/mol. The lowest BCUT2D eigenvalue weighted by Crippen LogP contribution is -2.38. The highest BCUT2D eigenvalue weighted by atomic mass is 35.5. The van der Waals surface area contributed by atoms with Crippen LogP contribution in [0.3, 0.4) is 0 Å². The molecule has 2 amide bonds. The van der Waals surface area contributed by atoms with Gasteiger partial charge in [-0.1, -0.05) is 17.7 Å². The standard InChI is InChI=1S/C27H24ClFN8O4/c28-17-10-16(25(39)33-18-2-1-3-21(38)13-18)11-20(12-17)32-19-4-5-23(30-14-19)26(40)35-36-27-31-15-22(29)24(34-27)37-6-8-41-9-7-37/h1-5,10-15,32,38H,6-9H2,(H,33,39)(H,35,40)(H,31,34,36). The lowest BCUT2D eigenvalue weighted by molar-refractivity contribution is 0.0956. The van der Waals surface area contributed by atoms with Crippen LogP contribution in [0.25, 0.3) is 0 Å². The maximum absolute atomic E-state index is 14.2. The topological polar surface area (TPSA) is 154 Å². The average molecular weight is 579 g/mol. The van der Waals surface area contributed by atoms with E-state index in [1.54, 1.807) is 35.2 Å². The highest BCUT2D eigenvalue weighted by Crippen LogP contribution is 2.24. The third kappa shape index (κ3) is 7.15. The summed E-state index contributed by atoms with van der Waals surface area (Å²) in [4.78, 5) is 39.2. The van der Waals surface area contributed by atoms with Crippen LogP contribution in [0.2, 0.25) is 5.02 Å². The van der Waals surface area contributed by atoms with Crippen LogP contribution >= 0.6 is 11.6 Å². The smallest absolute Gasteiger partial charge is 0.288 e. The van der Waals surface area contributed by atoms with Gasteiger partial charge in [0.25, 0.3) is 11.8 Å². The van der Waals surface area contributed by atoms with Crippen molar-refractivity contribution in [3.05, 3.63) is 89.1 Å². The van der Waals surface area contributed by atoms with Gasteiger partial charge < -0.3 is 25.4 Å². The van der Waals surface area contributed by atoms with Gasteiger partial charge in [0.05, 0.1) is 31.3 Å². The number of halogens is 2. The van der Waals surface area contributed by atoms with Gasteiger partial charge >= 0.3 is 0 Å². The van der Waals surface area contributed by atoms with Crippen LogP contribution in [-0.4, -0.2) is 58.2 Å². The summed E-state index contributed by atoms with van der Waals surface area (Å²) in [6, 6.07) is 14.0. The number of amides is 2. The van der Waals surface area contributed by atoms with Crippen LogP contribution in [0.1, 0.15) is 20.8 Å². The van der Waals surface area contributed by atoms with Crippen molar-refractivity contribution < 1.29 is 23.8 Å². The molecule has 12 nitrogen and oxygen atoms in total. The van der Waals surface area contributed by atoms with Gasteiger partial charge in [-0.05, 0) is 42.5 Å². The second-order valence-electron chi connectivity index (χ2n) is 8.83. The first-order valence-electron chi connectivity index (χ1n) is 12.4. The van der Waals surface area contributed by atoms with Crippen molar-refractivity contribution in [2.24, 2.45) is 0 Å². The van der Waals surface area contributed by atoms with E-state index in [0.29, 0.717) is 48.4 Å². The Morgan fingerprint density at radius 3 is 2.54 bits per heavy atom. The molecular weight excluding hydrogens is 555 g/mol. The van der Waals surface area contributed by atoms with Crippen molar-refractivity contribution >= 4 is 52.2 Å². The molecule has 2 aromatic carbocycles. The van der Waals surface area contributed by atoms with Crippen LogP contribution in [0, 0.1) is 5.82 Å². The summed E-state index contributed by atoms with van der Waals surface area (Å²) in [5.74, 6) is -1.39. The zero-order valence-corrected chi connectivity index (χ0v) is 22.2. The molecule has 0 unspecified atom stereocenters. The number of aromatic nitrogens is 3. The zero-order chi connectivity index (χ0) is 28.8. The number of carbonyl (C=O) groups is 2. The first-order chi connectivity index (χ1) is 19.8. The normalized spacial score (nSPS) is 12.9. The maximum atomic E-state index is 14.2. The zero-order valence-electron chi connectivity index (χ0n) is 21.4. The van der Waals surface area contributed by atoms with E-state index in [1.807, 2.05) is 0 Å². The van der Waals surface area contributed by atoms with Crippen molar-refractivity contribution in [2.45, 2.75) is 0 Å². The molecule has 1 aliphatic heterocycles. The Hall–Kier alpha value is -5.01. The Kier molecular flexibility index (Phi) is 8.36. The number of rotatable bonds is 8. The number of phenolic OH excluding ortho intramolecular Hbond substituents is 1. The highest BCUT2D eigenvalue weighted by Gasteiger charge is 2.18. The van der Waals surface area contributed by atoms with E-state index in [2.05, 4.69) is 36.4 Å². The number of benzene rings is 2. The van der Waals surface area contributed by atoms with Gasteiger partial charge in [0.15, 0.2) is 11.6 Å². The van der Waals surface area contributed by atoms with Gasteiger partial charge in [0.2, 0.25) is 5.95 Å². The number of hydrogen-bond donors (Lipinski definition) is 5. The van der Waals surface area contributed by atoms with E-state index in [-0.39, 0.29) is 28.8 Å². The number of hydrazine groups is 1. The van der Waals surface area contributed by atoms with Crippen LogP contribution in [0.15, 0.2) is 67.0 Å². The molecule has 2 aromatic heterocycles. The molecule has 1 aliphatic rings. The van der Waals surface area contributed by atoms with E-state index < -0.39 is 17.6 Å². The third-order valence-electron chi connectivity index (χ3n) is 5.87. The highest BCUT2D eigenvalue weighted by molar-refractivity contribution is 6.31. The summed E-state index contributed by atoms with van der Waals surface area (Å²) in [6.45, 7) is 1.92. The van der Waals surface area contributed by atoms with Crippen molar-refractivity contribution in [1.29, 1.82) is 0 Å². The molecule has 0 saturated carbocycles. The van der Waals surface area contributed by atoms with Crippen molar-refractivity contribution in [3.63, 3.8) is 0 Å². The quantitative estimate of drug-likeness (QED) is 0.194. The fourth-order valence-electron chi connectivity index (χ4n) is 3.94. The molecule has 14 heteroatoms. The van der Waals surface area contributed by atoms with Gasteiger partial charge in [-0.3, -0.25) is 20.4 Å². The predicted molar refractivity (Wildman–Crippen MR) is 151 cm³/mol. The van der Waals surface area contributed by atoms with Crippen LogP contribution in [-0.2, 0) is 4.74 Å². The van der Waals surface area contributed by atoms with Gasteiger partial charge in [0.1, 0.15) is 11.4 Å². The maximum Gasteiger partial charge on any atom is 0.288 e. The van der Waals surface area contributed by atoms with E-state index >= 15 is 0 Å². The number of ether oxygens (including phenoxy) is 1. The molecule has 210 valence electrons. The molecule has 0 spiro atoms. The lowest BCUT2D eigenvalue weighted by atomic mass is 10.1. The molecule has 1 fully saturated rings. The van der Waals surface area contributed by atoms with Gasteiger partial charge in [-0.25, -0.2) is 14.4 Å². The summed E-state index contributed by atoms with van der Waals surface area (Å²) in [7, 11) is 0. The van der Waals surface area contributed by atoms with Crippen LogP contribution in [0.4, 0.5) is 33.2 Å². The van der Waals surface area contributed by atoms with Crippen molar-refractivity contribution in [3.8, 4) is 5.75 Å². The average Bonchev–Trinajstić information content (AvgIpc) is 2.97. The molecule has 41 heavy (non-hydrogen) atoms. The molecule has 3 heterocycles. The molecule has 0 radical (unpaired) electrons. The first kappa shape index (κ1) is 27.6. The summed E-state index contributed by atoms with van der Waals surface area (Å²) < 4.78 is 19.5. The summed E-state index contributed by atoms with van der Waals surface area (Å²) >= 11 is 6.23. The first-order valence-corrected chi connectivity index (χ1v) is 12.8. The van der Waals surface area contributed by atoms with Crippen molar-refractivity contribution in [1.82, 2.24) is 20.4 Å². The SMILES string of the molecule is O=C(Nc1cccc(O)c1)c1cc(Cl)cc(Nc2ccc(C(=O)NNc3ncc(F)c(N4CCOCC4)n3)nc2)c1. The third-order valence-corrected chi connectivity index (χ3v) is 6.09. The molecule has 1 saturated heterocycles. The number of pyridine rings is 1. The fourth-order valence-corrected chi connectivity index (χ4v) is 4.18.